The number of fused-ring (bicyclic) bond motifs is 1. The molecule has 9 heteroatoms. The van der Waals surface area contributed by atoms with Gasteiger partial charge in [0.25, 0.3) is 0 Å². The number of nitrogen functional groups attached to an aromatic ring is 1. The van der Waals surface area contributed by atoms with Gasteiger partial charge >= 0.3 is 11.2 Å². The number of nitrogens with zero attached hydrogens (tertiary/aromatic N) is 4. The summed E-state index contributed by atoms with van der Waals surface area (Å²) in [6.45, 7) is 6.43. The summed E-state index contributed by atoms with van der Waals surface area (Å²) in [6.07, 6.45) is 0.506. The van der Waals surface area contributed by atoms with Gasteiger partial charge < -0.3 is 5.73 Å². The highest BCUT2D eigenvalue weighted by molar-refractivity contribution is 7.16. The van der Waals surface area contributed by atoms with Crippen molar-refractivity contribution in [2.75, 3.05) is 5.73 Å². The average Bonchev–Trinajstić information content (AvgIpc) is 2.89. The summed E-state index contributed by atoms with van der Waals surface area (Å²) in [5.41, 5.74) is 6.24. The minimum Gasteiger partial charge on any atom is -0.378 e. The Balaban J connectivity index is 1.96. The van der Waals surface area contributed by atoms with Crippen LogP contribution >= 0.6 is 11.3 Å². The van der Waals surface area contributed by atoms with Crippen molar-refractivity contribution < 1.29 is 4.92 Å². The number of hydrogen-bond donors (Lipinski definition) is 1. The summed E-state index contributed by atoms with van der Waals surface area (Å²) in [4.78, 5) is 26.4. The number of hydrogen-bond acceptors (Lipinski definition) is 7. The molecule has 2 heterocycles. The largest absolute Gasteiger partial charge is 0.378 e. The predicted octanol–water partition coefficient (Wildman–Crippen LogP) is 2.53. The van der Waals surface area contributed by atoms with Crippen molar-refractivity contribution in [2.45, 2.75) is 32.6 Å². The molecule has 3 rings (SSSR count). The van der Waals surface area contributed by atoms with E-state index in [0.29, 0.717) is 11.4 Å². The minimum atomic E-state index is -0.863. The summed E-state index contributed by atoms with van der Waals surface area (Å²) in [5.74, 6) is -0.389. The Labute approximate surface area is 147 Å². The zero-order valence-electron chi connectivity index (χ0n) is 14.0. The topological polar surface area (TPSA) is 116 Å². The Kier molecular flexibility index (Phi) is 4.03. The second kappa shape index (κ2) is 5.92. The first kappa shape index (κ1) is 17.0. The van der Waals surface area contributed by atoms with Gasteiger partial charge in [0.05, 0.1) is 4.92 Å². The van der Waals surface area contributed by atoms with Gasteiger partial charge in [-0.1, -0.05) is 56.4 Å². The van der Waals surface area contributed by atoms with Gasteiger partial charge in [0.1, 0.15) is 5.01 Å². The van der Waals surface area contributed by atoms with Crippen molar-refractivity contribution in [1.29, 1.82) is 0 Å². The molecule has 0 saturated heterocycles. The first-order valence-corrected chi connectivity index (χ1v) is 8.40. The van der Waals surface area contributed by atoms with Gasteiger partial charge in [0.15, 0.2) is 0 Å². The molecule has 2 N–H and O–H groups in total. The number of rotatable bonds is 3. The van der Waals surface area contributed by atoms with Crippen molar-refractivity contribution in [2.24, 2.45) is 0 Å². The van der Waals surface area contributed by atoms with Crippen LogP contribution in [0, 0.1) is 10.1 Å². The summed E-state index contributed by atoms with van der Waals surface area (Å²) in [6, 6.07) is 8.16. The van der Waals surface area contributed by atoms with Gasteiger partial charge in [-0.3, -0.25) is 14.9 Å². The molecule has 0 unspecified atom stereocenters. The SMILES string of the molecule is CC(C)(C)c1ccc(Cc2nn3c(=O)c([N+](=O)[O-])c(N)nc3s2)cc1. The Morgan fingerprint density at radius 1 is 1.28 bits per heavy atom. The van der Waals surface area contributed by atoms with Gasteiger partial charge in [-0.05, 0) is 16.5 Å². The molecular weight excluding hydrogens is 342 g/mol. The highest BCUT2D eigenvalue weighted by Gasteiger charge is 2.23. The Morgan fingerprint density at radius 2 is 1.92 bits per heavy atom. The van der Waals surface area contributed by atoms with Crippen LogP contribution in [0.4, 0.5) is 11.5 Å². The van der Waals surface area contributed by atoms with Crippen molar-refractivity contribution in [3.05, 3.63) is 60.9 Å². The van der Waals surface area contributed by atoms with Crippen LogP contribution in [0.25, 0.3) is 4.96 Å². The number of nitrogens with two attached hydrogens (primary N) is 1. The predicted molar refractivity (Wildman–Crippen MR) is 96.1 cm³/mol. The lowest BCUT2D eigenvalue weighted by molar-refractivity contribution is -0.385. The standard InChI is InChI=1S/C16H17N5O3S/c1-16(2,3)10-6-4-9(5-7-10)8-11-19-20-14(22)12(21(23)24)13(17)18-15(20)25-11/h4-7H,8,17H2,1-3H3. The molecule has 0 aliphatic heterocycles. The summed E-state index contributed by atoms with van der Waals surface area (Å²) in [7, 11) is 0. The fraction of sp³-hybridized carbons (Fsp3) is 0.312. The first-order valence-electron chi connectivity index (χ1n) is 7.59. The van der Waals surface area contributed by atoms with Gasteiger partial charge in [-0.25, -0.2) is 0 Å². The van der Waals surface area contributed by atoms with Crippen molar-refractivity contribution in [3.8, 4) is 0 Å². The van der Waals surface area contributed by atoms with E-state index in [4.69, 9.17) is 5.73 Å². The molecule has 3 aromatic rings. The molecule has 0 atom stereocenters. The molecule has 0 spiro atoms. The highest BCUT2D eigenvalue weighted by Crippen LogP contribution is 2.24. The van der Waals surface area contributed by atoms with Gasteiger partial charge in [-0.15, -0.1) is 0 Å². The van der Waals surface area contributed by atoms with Crippen LogP contribution in [0.2, 0.25) is 0 Å². The normalized spacial score (nSPS) is 11.8. The molecule has 0 aliphatic rings. The monoisotopic (exact) mass is 359 g/mol. The van der Waals surface area contributed by atoms with E-state index in [9.17, 15) is 14.9 Å². The highest BCUT2D eigenvalue weighted by atomic mass is 32.1. The molecule has 0 saturated carbocycles. The second-order valence-corrected chi connectivity index (χ2v) is 7.76. The molecule has 0 radical (unpaired) electrons. The van der Waals surface area contributed by atoms with E-state index in [-0.39, 0.29) is 16.2 Å². The molecule has 25 heavy (non-hydrogen) atoms. The van der Waals surface area contributed by atoms with Gasteiger partial charge in [0.2, 0.25) is 10.8 Å². The molecular formula is C16H17N5O3S. The quantitative estimate of drug-likeness (QED) is 0.567. The van der Waals surface area contributed by atoms with Crippen LogP contribution in [0.5, 0.6) is 0 Å². The fourth-order valence-corrected chi connectivity index (χ4v) is 3.36. The number of nitro groups is 1. The third-order valence-corrected chi connectivity index (χ3v) is 4.72. The lowest BCUT2D eigenvalue weighted by Gasteiger charge is -2.19. The van der Waals surface area contributed by atoms with Crippen LogP contribution < -0.4 is 11.3 Å². The van der Waals surface area contributed by atoms with E-state index < -0.39 is 16.2 Å². The van der Waals surface area contributed by atoms with Crippen LogP contribution in [0.1, 0.15) is 36.9 Å². The molecule has 1 aromatic carbocycles. The van der Waals surface area contributed by atoms with Crippen LogP contribution in [-0.4, -0.2) is 19.5 Å². The maximum atomic E-state index is 12.2. The van der Waals surface area contributed by atoms with E-state index in [1.807, 2.05) is 12.1 Å². The Bertz CT molecular complexity index is 1020. The summed E-state index contributed by atoms with van der Waals surface area (Å²) >= 11 is 1.19. The van der Waals surface area contributed by atoms with Crippen molar-refractivity contribution >= 4 is 27.8 Å². The van der Waals surface area contributed by atoms with Gasteiger partial charge in [-0.2, -0.15) is 14.6 Å². The molecule has 0 bridgehead atoms. The second-order valence-electron chi connectivity index (χ2n) is 6.72. The summed E-state index contributed by atoms with van der Waals surface area (Å²) in [5, 5.41) is 15.7. The number of anilines is 1. The van der Waals surface area contributed by atoms with Crippen molar-refractivity contribution in [3.63, 3.8) is 0 Å². The van der Waals surface area contributed by atoms with E-state index in [1.54, 1.807) is 0 Å². The lowest BCUT2D eigenvalue weighted by Crippen LogP contribution is -2.20. The van der Waals surface area contributed by atoms with E-state index >= 15 is 0 Å². The fourth-order valence-electron chi connectivity index (χ4n) is 2.43. The lowest BCUT2D eigenvalue weighted by atomic mass is 9.86. The Hall–Kier alpha value is -2.81. The van der Waals surface area contributed by atoms with Crippen LogP contribution in [-0.2, 0) is 11.8 Å². The third kappa shape index (κ3) is 3.22. The van der Waals surface area contributed by atoms with Crippen LogP contribution in [0.3, 0.4) is 0 Å². The van der Waals surface area contributed by atoms with E-state index in [0.717, 1.165) is 10.1 Å². The zero-order valence-corrected chi connectivity index (χ0v) is 14.8. The zero-order chi connectivity index (χ0) is 18.4. The smallest absolute Gasteiger partial charge is 0.377 e. The molecule has 8 nitrogen and oxygen atoms in total. The van der Waals surface area contributed by atoms with E-state index in [1.165, 1.54) is 16.9 Å². The minimum absolute atomic E-state index is 0.0715. The molecule has 0 fully saturated rings. The third-order valence-electron chi connectivity index (χ3n) is 3.81. The maximum Gasteiger partial charge on any atom is 0.377 e. The number of aromatic nitrogens is 3. The van der Waals surface area contributed by atoms with Crippen molar-refractivity contribution in [1.82, 2.24) is 14.6 Å². The Morgan fingerprint density at radius 3 is 2.48 bits per heavy atom. The molecule has 2 aromatic heterocycles. The summed E-state index contributed by atoms with van der Waals surface area (Å²) < 4.78 is 0.942. The maximum absolute atomic E-state index is 12.2. The van der Waals surface area contributed by atoms with Gasteiger partial charge in [0, 0.05) is 6.42 Å². The van der Waals surface area contributed by atoms with Crippen LogP contribution in [0.15, 0.2) is 29.1 Å². The first-order chi connectivity index (χ1) is 11.7. The molecule has 0 amide bonds. The average molecular weight is 359 g/mol. The molecule has 130 valence electrons. The van der Waals surface area contributed by atoms with E-state index in [2.05, 4.69) is 43.0 Å². The number of benzene rings is 1. The molecule has 0 aliphatic carbocycles.